The Morgan fingerprint density at radius 2 is 1.54 bits per heavy atom. The number of aliphatic hydroxyl groups is 1. The standard InChI is InChI=1S/C32H44N10O9S/c1-52-9-8-23(29(47)37-14-27(45)39-24(11-18-13-35-16-38-18)31(49)42-25(15-43)32(50)51)41-30(48)22(6-7-26(34)44)40-28(46)20(33)10-17-12-36-21-5-3-2-4-19(17)21/h2-5,12-13,16,20,22-25,36,43H,6-11,14-15,33H2,1H3,(H2,34,44)(H,35,38)(H,37,47)(H,39,45)(H,40,46)(H,41,48)(H,42,49)(H,50,51)/t20-,22+,23+,24+,25-/m1/s1. The van der Waals surface area contributed by atoms with Gasteiger partial charge in [-0.2, -0.15) is 11.8 Å². The van der Waals surface area contributed by atoms with Crippen molar-refractivity contribution in [2.45, 2.75) is 62.3 Å². The highest BCUT2D eigenvalue weighted by atomic mass is 32.2. The molecule has 0 saturated carbocycles. The lowest BCUT2D eigenvalue weighted by Gasteiger charge is -2.24. The van der Waals surface area contributed by atoms with Crippen LogP contribution in [0.4, 0.5) is 0 Å². The van der Waals surface area contributed by atoms with Gasteiger partial charge < -0.3 is 58.2 Å². The number of carboxylic acids is 1. The van der Waals surface area contributed by atoms with E-state index < -0.39 is 84.8 Å². The van der Waals surface area contributed by atoms with Crippen molar-refractivity contribution in [1.29, 1.82) is 0 Å². The first-order chi connectivity index (χ1) is 24.8. The van der Waals surface area contributed by atoms with E-state index in [0.717, 1.165) is 16.5 Å². The van der Waals surface area contributed by atoms with Crippen LogP contribution in [0.25, 0.3) is 10.9 Å². The molecule has 13 N–H and O–H groups in total. The van der Waals surface area contributed by atoms with Gasteiger partial charge >= 0.3 is 5.97 Å². The molecule has 3 rings (SSSR count). The summed E-state index contributed by atoms with van der Waals surface area (Å²) in [6.45, 7) is -1.53. The van der Waals surface area contributed by atoms with Crippen LogP contribution in [0.15, 0.2) is 43.0 Å². The quantitative estimate of drug-likeness (QED) is 0.0496. The molecule has 0 unspecified atom stereocenters. The Bertz CT molecular complexity index is 1700. The molecule has 3 aromatic rings. The molecule has 0 aliphatic carbocycles. The van der Waals surface area contributed by atoms with Gasteiger partial charge in [0, 0.05) is 41.8 Å². The number of primary amides is 1. The van der Waals surface area contributed by atoms with Gasteiger partial charge in [-0.3, -0.25) is 28.8 Å². The van der Waals surface area contributed by atoms with Gasteiger partial charge in [0.25, 0.3) is 0 Å². The minimum Gasteiger partial charge on any atom is -0.480 e. The molecule has 0 bridgehead atoms. The second-order valence-electron chi connectivity index (χ2n) is 11.8. The van der Waals surface area contributed by atoms with Crippen molar-refractivity contribution in [2.24, 2.45) is 11.5 Å². The van der Waals surface area contributed by atoms with Crippen molar-refractivity contribution in [2.75, 3.05) is 25.2 Å². The Morgan fingerprint density at radius 3 is 2.19 bits per heavy atom. The first-order valence-corrected chi connectivity index (χ1v) is 17.6. The topological polar surface area (TPSA) is 317 Å². The number of nitrogens with zero attached hydrogens (tertiary/aromatic N) is 1. The van der Waals surface area contributed by atoms with Crippen molar-refractivity contribution in [3.05, 3.63) is 54.2 Å². The third kappa shape index (κ3) is 12.7. The second kappa shape index (κ2) is 20.4. The first kappa shape index (κ1) is 41.0. The summed E-state index contributed by atoms with van der Waals surface area (Å²) < 4.78 is 0. The van der Waals surface area contributed by atoms with Gasteiger partial charge in [-0.1, -0.05) is 18.2 Å². The lowest BCUT2D eigenvalue weighted by molar-refractivity contribution is -0.143. The minimum atomic E-state index is -1.62. The molecule has 2 aromatic heterocycles. The van der Waals surface area contributed by atoms with Gasteiger partial charge in [0.15, 0.2) is 0 Å². The van der Waals surface area contributed by atoms with Gasteiger partial charge in [0.05, 0.1) is 25.5 Å². The summed E-state index contributed by atoms with van der Waals surface area (Å²) in [6, 6.07) is 1.01. The number of nitrogens with two attached hydrogens (primary N) is 2. The summed E-state index contributed by atoms with van der Waals surface area (Å²) in [5.74, 6) is -5.73. The summed E-state index contributed by atoms with van der Waals surface area (Å²) in [4.78, 5) is 98.1. The number of fused-ring (bicyclic) bond motifs is 1. The molecular formula is C32H44N10O9S. The fourth-order valence-electron chi connectivity index (χ4n) is 5.06. The fourth-order valence-corrected chi connectivity index (χ4v) is 5.53. The molecule has 282 valence electrons. The first-order valence-electron chi connectivity index (χ1n) is 16.2. The average molecular weight is 745 g/mol. The number of carbonyl (C=O) groups excluding carboxylic acids is 6. The molecule has 5 atom stereocenters. The van der Waals surface area contributed by atoms with E-state index in [2.05, 4.69) is 41.5 Å². The highest BCUT2D eigenvalue weighted by Gasteiger charge is 2.30. The lowest BCUT2D eigenvalue weighted by Crippen LogP contribution is -2.57. The smallest absolute Gasteiger partial charge is 0.328 e. The van der Waals surface area contributed by atoms with E-state index in [0.29, 0.717) is 11.4 Å². The van der Waals surface area contributed by atoms with E-state index in [-0.39, 0.29) is 32.1 Å². The monoisotopic (exact) mass is 744 g/mol. The van der Waals surface area contributed by atoms with Crippen LogP contribution < -0.4 is 38.1 Å². The van der Waals surface area contributed by atoms with Crippen molar-refractivity contribution in [3.8, 4) is 0 Å². The molecule has 19 nitrogen and oxygen atoms in total. The zero-order chi connectivity index (χ0) is 38.2. The number of aromatic amines is 2. The van der Waals surface area contributed by atoms with E-state index in [9.17, 15) is 43.8 Å². The van der Waals surface area contributed by atoms with Crippen LogP contribution >= 0.6 is 11.8 Å². The molecule has 6 amide bonds. The number of hydrogen-bond donors (Lipinski definition) is 11. The molecule has 20 heteroatoms. The van der Waals surface area contributed by atoms with Gasteiger partial charge in [0.2, 0.25) is 35.4 Å². The molecule has 0 aliphatic heterocycles. The number of benzene rings is 1. The molecule has 0 aliphatic rings. The van der Waals surface area contributed by atoms with Crippen molar-refractivity contribution < 1.29 is 43.8 Å². The Hall–Kier alpha value is -5.47. The lowest BCUT2D eigenvalue weighted by atomic mass is 10.0. The molecule has 2 heterocycles. The number of nitrogens with one attached hydrogen (secondary N) is 7. The van der Waals surface area contributed by atoms with E-state index in [4.69, 9.17) is 11.5 Å². The zero-order valence-electron chi connectivity index (χ0n) is 28.3. The van der Waals surface area contributed by atoms with Gasteiger partial charge in [-0.15, -0.1) is 0 Å². The molecule has 0 fully saturated rings. The SMILES string of the molecule is CSCC[C@H](NC(=O)[C@H](CCC(N)=O)NC(=O)[C@H](N)Cc1c[nH]c2ccccc12)C(=O)NCC(=O)N[C@@H](Cc1cnc[nH]1)C(=O)N[C@H](CO)C(=O)O. The molecule has 0 radical (unpaired) electrons. The molecule has 0 spiro atoms. The van der Waals surface area contributed by atoms with Gasteiger partial charge in [-0.05, 0) is 42.9 Å². The number of carboxylic acid groups (broad SMARTS) is 1. The van der Waals surface area contributed by atoms with Crippen LogP contribution in [0, 0.1) is 0 Å². The number of hydrogen-bond acceptors (Lipinski definition) is 11. The third-order valence-electron chi connectivity index (χ3n) is 7.86. The summed E-state index contributed by atoms with van der Waals surface area (Å²) in [7, 11) is 0. The van der Waals surface area contributed by atoms with Crippen LogP contribution in [0.5, 0.6) is 0 Å². The number of aliphatic hydroxyl groups excluding tert-OH is 1. The van der Waals surface area contributed by atoms with Crippen LogP contribution in [-0.2, 0) is 46.4 Å². The molecule has 1 aromatic carbocycles. The van der Waals surface area contributed by atoms with Crippen LogP contribution in [0.2, 0.25) is 0 Å². The van der Waals surface area contributed by atoms with E-state index in [1.54, 1.807) is 12.5 Å². The molecule has 52 heavy (non-hydrogen) atoms. The van der Waals surface area contributed by atoms with Gasteiger partial charge in [-0.25, -0.2) is 9.78 Å². The summed E-state index contributed by atoms with van der Waals surface area (Å²) in [5, 5.41) is 31.5. The second-order valence-corrected chi connectivity index (χ2v) is 12.8. The number of rotatable bonds is 22. The average Bonchev–Trinajstić information content (AvgIpc) is 3.79. The highest BCUT2D eigenvalue weighted by molar-refractivity contribution is 7.98. The third-order valence-corrected chi connectivity index (χ3v) is 8.50. The van der Waals surface area contributed by atoms with Gasteiger partial charge in [0.1, 0.15) is 24.2 Å². The summed E-state index contributed by atoms with van der Waals surface area (Å²) in [5.41, 5.74) is 13.6. The van der Waals surface area contributed by atoms with Crippen molar-refractivity contribution in [1.82, 2.24) is 41.5 Å². The maximum absolute atomic E-state index is 13.5. The fraction of sp³-hybridized carbons (Fsp3) is 0.438. The predicted octanol–water partition coefficient (Wildman–Crippen LogP) is -2.85. The Morgan fingerprint density at radius 1 is 0.865 bits per heavy atom. The Labute approximate surface area is 302 Å². The van der Waals surface area contributed by atoms with E-state index >= 15 is 0 Å². The Kier molecular flexibility index (Phi) is 16.1. The number of aliphatic carboxylic acids is 1. The Balaban J connectivity index is 1.65. The highest BCUT2D eigenvalue weighted by Crippen LogP contribution is 2.19. The molecular weight excluding hydrogens is 700 g/mol. The maximum Gasteiger partial charge on any atom is 0.328 e. The number of H-pyrrole nitrogens is 2. The number of para-hydroxylation sites is 1. The summed E-state index contributed by atoms with van der Waals surface area (Å²) in [6.07, 6.45) is 5.97. The number of carbonyl (C=O) groups is 7. The zero-order valence-corrected chi connectivity index (χ0v) is 29.2. The molecule has 0 saturated heterocycles. The number of amides is 6. The van der Waals surface area contributed by atoms with E-state index in [1.807, 2.05) is 24.3 Å². The summed E-state index contributed by atoms with van der Waals surface area (Å²) >= 11 is 1.39. The number of imidazole rings is 1. The van der Waals surface area contributed by atoms with Crippen LogP contribution in [0.3, 0.4) is 0 Å². The van der Waals surface area contributed by atoms with E-state index in [1.165, 1.54) is 24.3 Å². The van der Waals surface area contributed by atoms with Crippen molar-refractivity contribution in [3.63, 3.8) is 0 Å². The van der Waals surface area contributed by atoms with Crippen LogP contribution in [0.1, 0.15) is 30.5 Å². The number of thioether (sulfide) groups is 1. The normalized spacial score (nSPS) is 13.9. The minimum absolute atomic E-state index is 0.125. The number of aromatic nitrogens is 3. The maximum atomic E-state index is 13.5. The largest absolute Gasteiger partial charge is 0.480 e. The predicted molar refractivity (Wildman–Crippen MR) is 189 cm³/mol. The van der Waals surface area contributed by atoms with Crippen molar-refractivity contribution >= 4 is 64.1 Å². The van der Waals surface area contributed by atoms with Crippen LogP contribution in [-0.4, -0.2) is 122 Å².